The Bertz CT molecular complexity index is 2610. The summed E-state index contributed by atoms with van der Waals surface area (Å²) in [5.74, 6) is -3.73. The first-order valence-corrected chi connectivity index (χ1v) is 19.7. The second-order valence-electron chi connectivity index (χ2n) is 13.2. The fourth-order valence-corrected chi connectivity index (χ4v) is 8.89. The fraction of sp³-hybridized carbons (Fsp3) is 0.250. The number of halogens is 1. The van der Waals surface area contributed by atoms with Crippen LogP contribution in [0.4, 0.5) is 5.69 Å². The molecule has 3 aromatic rings. The zero-order valence-corrected chi connectivity index (χ0v) is 29.8. The molecule has 14 nitrogen and oxygen atoms in total. The van der Waals surface area contributed by atoms with E-state index in [0.717, 1.165) is 0 Å². The van der Waals surface area contributed by atoms with Crippen LogP contribution in [-0.4, -0.2) is 72.6 Å². The van der Waals surface area contributed by atoms with E-state index in [2.05, 4.69) is 10.3 Å². The Kier molecular flexibility index (Phi) is 8.19. The molecule has 0 aliphatic carbocycles. The maximum Gasteiger partial charge on any atom is 0.337 e. The lowest BCUT2D eigenvalue weighted by molar-refractivity contribution is 0.0696. The Morgan fingerprint density at radius 3 is 2.06 bits per heavy atom. The van der Waals surface area contributed by atoms with E-state index in [0.29, 0.717) is 5.69 Å². The molecule has 264 valence electrons. The van der Waals surface area contributed by atoms with Crippen molar-refractivity contribution in [2.24, 2.45) is 4.99 Å². The van der Waals surface area contributed by atoms with Crippen LogP contribution in [-0.2, 0) is 30.4 Å². The molecule has 0 amide bonds. The van der Waals surface area contributed by atoms with Gasteiger partial charge in [0, 0.05) is 39.2 Å². The first kappa shape index (κ1) is 35.7. The van der Waals surface area contributed by atoms with Gasteiger partial charge in [-0.05, 0) is 62.6 Å². The van der Waals surface area contributed by atoms with E-state index in [-0.39, 0.29) is 60.3 Å². The number of anilines is 1. The van der Waals surface area contributed by atoms with Crippen molar-refractivity contribution in [1.82, 2.24) is 0 Å². The molecule has 0 radical (unpaired) electrons. The summed E-state index contributed by atoms with van der Waals surface area (Å²) in [4.78, 5) is 16.3. The Morgan fingerprint density at radius 2 is 1.48 bits per heavy atom. The van der Waals surface area contributed by atoms with Crippen LogP contribution in [0.1, 0.15) is 60.3 Å². The van der Waals surface area contributed by atoms with E-state index in [9.17, 15) is 48.8 Å². The second kappa shape index (κ2) is 11.5. The maximum absolute atomic E-state index is 13.3. The van der Waals surface area contributed by atoms with Gasteiger partial charge in [-0.1, -0.05) is 35.9 Å². The number of hydrogen-bond donors (Lipinski definition) is 5. The molecule has 5 N–H and O–H groups in total. The molecule has 3 aromatic carbocycles. The van der Waals surface area contributed by atoms with Gasteiger partial charge in [0.05, 0.1) is 27.0 Å². The van der Waals surface area contributed by atoms with Gasteiger partial charge in [-0.3, -0.25) is 18.7 Å². The number of fused-ring (bicyclic) bond motifs is 4. The molecule has 3 heterocycles. The molecule has 0 saturated heterocycles. The molecule has 18 heteroatoms. The summed E-state index contributed by atoms with van der Waals surface area (Å²) in [7, 11) is -14.5. The van der Waals surface area contributed by atoms with E-state index in [1.54, 1.807) is 33.8 Å². The van der Waals surface area contributed by atoms with Crippen molar-refractivity contribution in [3.63, 3.8) is 0 Å². The smallest absolute Gasteiger partial charge is 0.337 e. The van der Waals surface area contributed by atoms with Crippen LogP contribution < -0.4 is 20.6 Å². The number of rotatable bonds is 7. The van der Waals surface area contributed by atoms with Gasteiger partial charge in [0.2, 0.25) is 0 Å². The van der Waals surface area contributed by atoms with Gasteiger partial charge in [0.15, 0.2) is 10.6 Å². The molecular weight excluding hydrogens is 736 g/mol. The molecular formula is C32H29ClN2O12S3. The third-order valence-corrected chi connectivity index (χ3v) is 10.7. The number of nitrogens with zero attached hydrogens (tertiary/aromatic N) is 1. The predicted molar refractivity (Wildman–Crippen MR) is 184 cm³/mol. The lowest BCUT2D eigenvalue weighted by Crippen LogP contribution is -2.35. The zero-order valence-electron chi connectivity index (χ0n) is 26.6. The van der Waals surface area contributed by atoms with Gasteiger partial charge in [-0.25, -0.2) is 4.79 Å². The molecule has 0 spiro atoms. The van der Waals surface area contributed by atoms with Crippen LogP contribution in [0.3, 0.4) is 0 Å². The third-order valence-electron chi connectivity index (χ3n) is 8.12. The highest BCUT2D eigenvalue weighted by Gasteiger charge is 2.37. The molecule has 0 saturated carbocycles. The molecule has 50 heavy (non-hydrogen) atoms. The van der Waals surface area contributed by atoms with E-state index in [1.165, 1.54) is 42.5 Å². The summed E-state index contributed by atoms with van der Waals surface area (Å²) in [5, 5.41) is 12.8. The van der Waals surface area contributed by atoms with Gasteiger partial charge in [0.25, 0.3) is 30.4 Å². The number of ether oxygens (including phenoxy) is 1. The first-order valence-electron chi connectivity index (χ1n) is 14.6. The van der Waals surface area contributed by atoms with Gasteiger partial charge < -0.3 is 15.2 Å². The lowest BCUT2D eigenvalue weighted by Gasteiger charge is -2.34. The Morgan fingerprint density at radius 1 is 0.860 bits per heavy atom. The third kappa shape index (κ3) is 6.69. The summed E-state index contributed by atoms with van der Waals surface area (Å²) in [5.41, 5.74) is -1.80. The van der Waals surface area contributed by atoms with E-state index < -0.39 is 75.1 Å². The average molecular weight is 765 g/mol. The lowest BCUT2D eigenvalue weighted by atomic mass is 9.84. The predicted octanol–water partition coefficient (Wildman–Crippen LogP) is 3.80. The van der Waals surface area contributed by atoms with Crippen LogP contribution in [0, 0.1) is 0 Å². The minimum atomic E-state index is -5.24. The zero-order chi connectivity index (χ0) is 36.9. The highest BCUT2D eigenvalue weighted by molar-refractivity contribution is 7.86. The van der Waals surface area contributed by atoms with Gasteiger partial charge >= 0.3 is 5.97 Å². The summed E-state index contributed by atoms with van der Waals surface area (Å²) in [6.07, 6.45) is 3.00. The topological polar surface area (TPSA) is 234 Å². The highest BCUT2D eigenvalue weighted by Crippen LogP contribution is 2.46. The average Bonchev–Trinajstić information content (AvgIpc) is 2.90. The molecule has 0 bridgehead atoms. The van der Waals surface area contributed by atoms with E-state index >= 15 is 0 Å². The van der Waals surface area contributed by atoms with Crippen molar-refractivity contribution < 1.29 is 53.5 Å². The van der Waals surface area contributed by atoms with Crippen molar-refractivity contribution in [1.29, 1.82) is 0 Å². The molecule has 0 aromatic heterocycles. The highest BCUT2D eigenvalue weighted by atomic mass is 35.5. The van der Waals surface area contributed by atoms with Crippen molar-refractivity contribution in [3.05, 3.63) is 92.0 Å². The number of carboxylic acid groups (broad SMARTS) is 1. The molecule has 0 unspecified atom stereocenters. The van der Waals surface area contributed by atoms with E-state index in [4.69, 9.17) is 16.3 Å². The Labute approximate surface area is 291 Å². The summed E-state index contributed by atoms with van der Waals surface area (Å²) < 4.78 is 112. The van der Waals surface area contributed by atoms with Crippen LogP contribution in [0.2, 0.25) is 5.02 Å². The molecule has 6 rings (SSSR count). The molecule has 0 atom stereocenters. The van der Waals surface area contributed by atoms with Crippen molar-refractivity contribution in [3.8, 4) is 11.5 Å². The van der Waals surface area contributed by atoms with Crippen molar-refractivity contribution in [2.75, 3.05) is 16.8 Å². The minimum absolute atomic E-state index is 0.00345. The second-order valence-corrected chi connectivity index (χ2v) is 17.9. The molecule has 3 aliphatic heterocycles. The minimum Gasteiger partial charge on any atom is -0.478 e. The summed E-state index contributed by atoms with van der Waals surface area (Å²) in [6, 6.07) is 8.40. The standard InChI is InChI=1S/C32H29ClN2O12S3/c1-31(2)11-15(13-48(38,39)40)18-8-20-24(10-23(18)34-31)47-28-21(25(20)17-6-5-7-22(33)26(17)30(36)37)9-19-16(14-49(41,42)43)12-32(3,4)35-27(19)29(28)50(44,45)46/h5-12,34H,13-14H2,1-4H3,(H,36,37)(H,38,39,40)(H,41,42,43)(H,44,45,46). The Balaban J connectivity index is 1.86. The molecule has 0 fully saturated rings. The number of carbonyl (C=O) groups is 1. The fourth-order valence-electron chi connectivity index (χ4n) is 6.59. The van der Waals surface area contributed by atoms with Gasteiger partial charge in [-0.2, -0.15) is 25.3 Å². The summed E-state index contributed by atoms with van der Waals surface area (Å²) in [6.45, 7) is 6.57. The van der Waals surface area contributed by atoms with Crippen molar-refractivity contribution >= 4 is 70.3 Å². The van der Waals surface area contributed by atoms with Crippen LogP contribution in [0.15, 0.2) is 58.4 Å². The van der Waals surface area contributed by atoms with Crippen LogP contribution >= 0.6 is 11.6 Å². The Hall–Kier alpha value is -4.10. The van der Waals surface area contributed by atoms with Gasteiger partial charge in [0.1, 0.15) is 17.3 Å². The number of carboxylic acids is 1. The largest absolute Gasteiger partial charge is 0.478 e. The monoisotopic (exact) mass is 764 g/mol. The SMILES string of the molecule is CC1(C)C=C(CS(=O)(=O)O)c2cc3c(c(S(=O)(=O)O)c2=N1)Oc1cc2c(cc1C=3c1cccc(Cl)c1C(=O)O)C(CS(=O)(=O)O)=CC(C)(C)N2. The van der Waals surface area contributed by atoms with Gasteiger partial charge in [-0.15, -0.1) is 0 Å². The summed E-state index contributed by atoms with van der Waals surface area (Å²) >= 11 is 6.39. The van der Waals surface area contributed by atoms with Crippen molar-refractivity contribution in [2.45, 2.75) is 43.7 Å². The normalized spacial score (nSPS) is 17.4. The maximum atomic E-state index is 13.3. The number of hydrogen-bond acceptors (Lipinski definition) is 10. The molecule has 3 aliphatic rings. The van der Waals surface area contributed by atoms with E-state index in [1.807, 2.05) is 0 Å². The number of nitrogens with one attached hydrogen (secondary N) is 1. The number of benzene rings is 3. The van der Waals surface area contributed by atoms with Crippen LogP contribution in [0.25, 0.3) is 16.7 Å². The quantitative estimate of drug-likeness (QED) is 0.169. The number of aromatic carboxylic acids is 1. The first-order chi connectivity index (χ1) is 22.8. The van der Waals surface area contributed by atoms with Crippen LogP contribution in [0.5, 0.6) is 11.5 Å².